The number of fused-ring (bicyclic) bond motifs is 1. The minimum absolute atomic E-state index is 0.0529. The van der Waals surface area contributed by atoms with Gasteiger partial charge in [0.15, 0.2) is 0 Å². The third-order valence-corrected chi connectivity index (χ3v) is 6.14. The number of hydrogen-bond acceptors (Lipinski definition) is 4. The van der Waals surface area contributed by atoms with Crippen LogP contribution in [0.3, 0.4) is 0 Å². The Labute approximate surface area is 185 Å². The maximum atomic E-state index is 13.4. The van der Waals surface area contributed by atoms with Gasteiger partial charge in [-0.05, 0) is 49.1 Å². The summed E-state index contributed by atoms with van der Waals surface area (Å²) in [6, 6.07) is 15.9. The van der Waals surface area contributed by atoms with Gasteiger partial charge in [0.25, 0.3) is 5.91 Å². The van der Waals surface area contributed by atoms with Crippen LogP contribution < -0.4 is 10.1 Å². The second-order valence-corrected chi connectivity index (χ2v) is 8.52. The molecule has 1 saturated heterocycles. The molecule has 2 aliphatic heterocycles. The minimum atomic E-state index is -0.236. The van der Waals surface area contributed by atoms with E-state index in [4.69, 9.17) is 9.47 Å². The van der Waals surface area contributed by atoms with Crippen LogP contribution in [0.25, 0.3) is 0 Å². The van der Waals surface area contributed by atoms with Crippen molar-refractivity contribution in [1.82, 2.24) is 4.90 Å². The van der Waals surface area contributed by atoms with Gasteiger partial charge in [0.2, 0.25) is 0 Å². The lowest BCUT2D eigenvalue weighted by atomic mass is 10.0. The maximum absolute atomic E-state index is 13.4. The summed E-state index contributed by atoms with van der Waals surface area (Å²) in [6.07, 6.45) is 8.01. The number of nitrogens with one attached hydrogen (secondary N) is 1. The van der Waals surface area contributed by atoms with Crippen LogP contribution >= 0.6 is 0 Å². The fourth-order valence-electron chi connectivity index (χ4n) is 4.42. The lowest BCUT2D eigenvalue weighted by molar-refractivity contribution is 0.0426. The summed E-state index contributed by atoms with van der Waals surface area (Å²) in [7, 11) is 0. The summed E-state index contributed by atoms with van der Waals surface area (Å²) in [5, 5.41) is 3.58. The molecule has 0 bridgehead atoms. The van der Waals surface area contributed by atoms with Crippen molar-refractivity contribution >= 4 is 11.6 Å². The molecule has 0 spiro atoms. The van der Waals surface area contributed by atoms with Crippen molar-refractivity contribution < 1.29 is 14.3 Å². The Hall–Kier alpha value is -2.53. The van der Waals surface area contributed by atoms with Gasteiger partial charge in [-0.15, -0.1) is 0 Å². The van der Waals surface area contributed by atoms with Gasteiger partial charge in [-0.1, -0.05) is 56.9 Å². The summed E-state index contributed by atoms with van der Waals surface area (Å²) >= 11 is 0. The lowest BCUT2D eigenvalue weighted by Crippen LogP contribution is -2.46. The first kappa shape index (κ1) is 21.7. The molecular weight excluding hydrogens is 388 g/mol. The number of carbonyl (C=O) groups is 1. The van der Waals surface area contributed by atoms with Crippen molar-refractivity contribution in [1.29, 1.82) is 0 Å². The fourth-order valence-corrected chi connectivity index (χ4v) is 4.42. The average molecular weight is 423 g/mol. The standard InChI is InChI=1S/C26H34N2O3/c1-2-3-4-5-8-16-30-21-12-9-11-20(18-21)25-27-24-15-7-6-14-23(24)26(29)28(25)19-22-13-10-17-31-22/h6-7,9,11-12,14-15,18,22,25,27H,2-5,8,10,13,16-17,19H2,1H3. The van der Waals surface area contributed by atoms with Crippen molar-refractivity contribution in [2.75, 3.05) is 25.1 Å². The number of rotatable bonds is 10. The Morgan fingerprint density at radius 1 is 1.10 bits per heavy atom. The molecule has 0 aliphatic carbocycles. The second-order valence-electron chi connectivity index (χ2n) is 8.52. The van der Waals surface area contributed by atoms with E-state index in [9.17, 15) is 4.79 Å². The number of para-hydroxylation sites is 1. The first-order chi connectivity index (χ1) is 15.3. The minimum Gasteiger partial charge on any atom is -0.494 e. The summed E-state index contributed by atoms with van der Waals surface area (Å²) in [6.45, 7) is 4.33. The number of ether oxygens (including phenoxy) is 2. The average Bonchev–Trinajstić information content (AvgIpc) is 3.31. The largest absolute Gasteiger partial charge is 0.494 e. The van der Waals surface area contributed by atoms with Gasteiger partial charge in [0.1, 0.15) is 11.9 Å². The molecule has 166 valence electrons. The van der Waals surface area contributed by atoms with Crippen LogP contribution in [-0.2, 0) is 4.74 Å². The topological polar surface area (TPSA) is 50.8 Å². The first-order valence-electron chi connectivity index (χ1n) is 11.8. The molecule has 2 unspecified atom stereocenters. The van der Waals surface area contributed by atoms with Crippen molar-refractivity contribution in [2.24, 2.45) is 0 Å². The van der Waals surface area contributed by atoms with E-state index >= 15 is 0 Å². The van der Waals surface area contributed by atoms with Gasteiger partial charge in [-0.25, -0.2) is 0 Å². The third-order valence-electron chi connectivity index (χ3n) is 6.14. The summed E-state index contributed by atoms with van der Waals surface area (Å²) in [5.74, 6) is 0.912. The van der Waals surface area contributed by atoms with Gasteiger partial charge in [0.05, 0.1) is 18.3 Å². The molecule has 2 heterocycles. The highest BCUT2D eigenvalue weighted by molar-refractivity contribution is 6.01. The highest BCUT2D eigenvalue weighted by atomic mass is 16.5. The Morgan fingerprint density at radius 3 is 2.81 bits per heavy atom. The highest BCUT2D eigenvalue weighted by Gasteiger charge is 2.35. The number of amides is 1. The van der Waals surface area contributed by atoms with Gasteiger partial charge >= 0.3 is 0 Å². The zero-order chi connectivity index (χ0) is 21.5. The smallest absolute Gasteiger partial charge is 0.257 e. The molecule has 1 fully saturated rings. The van der Waals surface area contributed by atoms with E-state index in [1.165, 1.54) is 25.7 Å². The summed E-state index contributed by atoms with van der Waals surface area (Å²) in [5.41, 5.74) is 2.63. The highest BCUT2D eigenvalue weighted by Crippen LogP contribution is 2.35. The Bertz CT molecular complexity index is 863. The molecule has 1 N–H and O–H groups in total. The molecule has 4 rings (SSSR count). The number of benzene rings is 2. The Morgan fingerprint density at radius 2 is 1.97 bits per heavy atom. The van der Waals surface area contributed by atoms with E-state index in [2.05, 4.69) is 24.4 Å². The number of anilines is 1. The van der Waals surface area contributed by atoms with Crippen LogP contribution in [0.2, 0.25) is 0 Å². The summed E-state index contributed by atoms with van der Waals surface area (Å²) < 4.78 is 11.9. The molecule has 5 heteroatoms. The molecule has 0 radical (unpaired) electrons. The number of carbonyl (C=O) groups excluding carboxylic acids is 1. The SMILES string of the molecule is CCCCCCCOc1cccc(C2Nc3ccccc3C(=O)N2CC2CCCO2)c1. The monoisotopic (exact) mass is 422 g/mol. The fraction of sp³-hybridized carbons (Fsp3) is 0.500. The number of nitrogens with zero attached hydrogens (tertiary/aromatic N) is 1. The number of unbranched alkanes of at least 4 members (excludes halogenated alkanes) is 4. The van der Waals surface area contributed by atoms with Crippen molar-refractivity contribution in [2.45, 2.75) is 64.1 Å². The zero-order valence-corrected chi connectivity index (χ0v) is 18.5. The van der Waals surface area contributed by atoms with E-state index < -0.39 is 0 Å². The van der Waals surface area contributed by atoms with E-state index in [0.717, 1.165) is 55.0 Å². The van der Waals surface area contributed by atoms with Crippen LogP contribution in [0.5, 0.6) is 5.75 Å². The van der Waals surface area contributed by atoms with E-state index in [1.54, 1.807) is 0 Å². The predicted molar refractivity (Wildman–Crippen MR) is 124 cm³/mol. The van der Waals surface area contributed by atoms with Crippen LogP contribution in [0.1, 0.15) is 74.0 Å². The molecule has 1 amide bonds. The summed E-state index contributed by atoms with van der Waals surface area (Å²) in [4.78, 5) is 15.3. The molecule has 5 nitrogen and oxygen atoms in total. The molecule has 2 aromatic rings. The number of hydrogen-bond donors (Lipinski definition) is 1. The Kier molecular flexibility index (Phi) is 7.47. The van der Waals surface area contributed by atoms with Crippen LogP contribution in [0.4, 0.5) is 5.69 Å². The molecule has 0 saturated carbocycles. The van der Waals surface area contributed by atoms with E-state index in [0.29, 0.717) is 6.54 Å². The van der Waals surface area contributed by atoms with Crippen LogP contribution in [-0.4, -0.2) is 36.7 Å². The van der Waals surface area contributed by atoms with Gasteiger partial charge in [-0.3, -0.25) is 4.79 Å². The molecule has 2 aliphatic rings. The quantitative estimate of drug-likeness (QED) is 0.493. The second kappa shape index (κ2) is 10.7. The van der Waals surface area contributed by atoms with Crippen molar-refractivity contribution in [3.8, 4) is 5.75 Å². The molecule has 0 aromatic heterocycles. The van der Waals surface area contributed by atoms with E-state index in [1.807, 2.05) is 41.3 Å². The predicted octanol–water partition coefficient (Wildman–Crippen LogP) is 5.78. The van der Waals surface area contributed by atoms with Crippen LogP contribution in [0, 0.1) is 0 Å². The Balaban J connectivity index is 1.49. The normalized spacial score (nSPS) is 20.4. The maximum Gasteiger partial charge on any atom is 0.257 e. The van der Waals surface area contributed by atoms with Gasteiger partial charge in [0, 0.05) is 18.8 Å². The van der Waals surface area contributed by atoms with Gasteiger partial charge < -0.3 is 19.7 Å². The molecule has 2 aromatic carbocycles. The van der Waals surface area contributed by atoms with E-state index in [-0.39, 0.29) is 18.2 Å². The van der Waals surface area contributed by atoms with Gasteiger partial charge in [-0.2, -0.15) is 0 Å². The van der Waals surface area contributed by atoms with Crippen LogP contribution in [0.15, 0.2) is 48.5 Å². The molecular formula is C26H34N2O3. The van der Waals surface area contributed by atoms with Crippen molar-refractivity contribution in [3.05, 3.63) is 59.7 Å². The lowest BCUT2D eigenvalue weighted by Gasteiger charge is -2.39. The first-order valence-corrected chi connectivity index (χ1v) is 11.8. The zero-order valence-electron chi connectivity index (χ0n) is 18.5. The third kappa shape index (κ3) is 5.40. The molecule has 2 atom stereocenters. The molecule has 31 heavy (non-hydrogen) atoms. The van der Waals surface area contributed by atoms with Crippen molar-refractivity contribution in [3.63, 3.8) is 0 Å².